The summed E-state index contributed by atoms with van der Waals surface area (Å²) in [7, 11) is 2.19. The zero-order valence-electron chi connectivity index (χ0n) is 16.3. The van der Waals surface area contributed by atoms with Crippen molar-refractivity contribution in [2.75, 3.05) is 33.4 Å². The number of esters is 1. The molecule has 0 aliphatic carbocycles. The van der Waals surface area contributed by atoms with E-state index in [4.69, 9.17) is 9.47 Å². The van der Waals surface area contributed by atoms with Crippen LogP contribution in [-0.4, -0.2) is 49.2 Å². The molecule has 0 unspecified atom stereocenters. The van der Waals surface area contributed by atoms with Crippen molar-refractivity contribution < 1.29 is 14.3 Å². The van der Waals surface area contributed by atoms with Crippen LogP contribution in [0.2, 0.25) is 0 Å². The van der Waals surface area contributed by atoms with Gasteiger partial charge in [-0.25, -0.2) is 0 Å². The number of unbranched alkanes of at least 4 members (excludes halogenated alkanes) is 1. The van der Waals surface area contributed by atoms with Crippen LogP contribution in [0.1, 0.15) is 50.5 Å². The number of nitrogens with zero attached hydrogens (tertiary/aromatic N) is 1. The molecule has 0 saturated carbocycles. The third-order valence-corrected chi connectivity index (χ3v) is 5.19. The molecule has 3 rings (SSSR count). The van der Waals surface area contributed by atoms with E-state index in [1.54, 1.807) is 0 Å². The number of carbonyl (C=O) groups is 1. The van der Waals surface area contributed by atoms with Gasteiger partial charge in [0.15, 0.2) is 0 Å². The van der Waals surface area contributed by atoms with Crippen LogP contribution in [-0.2, 0) is 9.53 Å². The molecule has 2 aromatic rings. The smallest absolute Gasteiger partial charge is 0.305 e. The zero-order chi connectivity index (χ0) is 18.4. The Morgan fingerprint density at radius 2 is 2.04 bits per heavy atom. The standard InChI is InChI=1S/C21H30N2O3.ClH/c1-3-25-21(24)6-4-5-13-26-17-7-8-20-18(14-17)19(15-22-20)16-9-11-23(2)12-10-16;/h7-8,14-16,22H,3-6,9-13H2,1-2H3;1H. The summed E-state index contributed by atoms with van der Waals surface area (Å²) in [6, 6.07) is 6.27. The number of benzene rings is 1. The number of aromatic nitrogens is 1. The second-order valence-electron chi connectivity index (χ2n) is 7.14. The summed E-state index contributed by atoms with van der Waals surface area (Å²) >= 11 is 0. The van der Waals surface area contributed by atoms with E-state index in [0.717, 1.165) is 31.7 Å². The molecule has 1 fully saturated rings. The van der Waals surface area contributed by atoms with E-state index in [2.05, 4.69) is 35.3 Å². The van der Waals surface area contributed by atoms with Gasteiger partial charge in [-0.15, -0.1) is 12.4 Å². The number of aromatic amines is 1. The first-order valence-electron chi connectivity index (χ1n) is 9.75. The Labute approximate surface area is 167 Å². The Morgan fingerprint density at radius 3 is 2.78 bits per heavy atom. The molecule has 0 atom stereocenters. The highest BCUT2D eigenvalue weighted by Crippen LogP contribution is 2.34. The van der Waals surface area contributed by atoms with Gasteiger partial charge in [0.2, 0.25) is 0 Å². The third kappa shape index (κ3) is 5.88. The second kappa shape index (κ2) is 10.6. The van der Waals surface area contributed by atoms with Crippen molar-refractivity contribution in [3.63, 3.8) is 0 Å². The summed E-state index contributed by atoms with van der Waals surface area (Å²) in [4.78, 5) is 17.1. The lowest BCUT2D eigenvalue weighted by atomic mass is 9.89. The number of likely N-dealkylation sites (tertiary alicyclic amines) is 1. The Hall–Kier alpha value is -1.72. The van der Waals surface area contributed by atoms with Gasteiger partial charge in [-0.05, 0) is 82.4 Å². The summed E-state index contributed by atoms with van der Waals surface area (Å²) in [5.41, 5.74) is 2.59. The minimum atomic E-state index is -0.121. The highest BCUT2D eigenvalue weighted by atomic mass is 35.5. The predicted molar refractivity (Wildman–Crippen MR) is 111 cm³/mol. The van der Waals surface area contributed by atoms with Crippen LogP contribution in [0, 0.1) is 0 Å². The number of carbonyl (C=O) groups excluding carboxylic acids is 1. The first kappa shape index (κ1) is 21.6. The summed E-state index contributed by atoms with van der Waals surface area (Å²) in [6.07, 6.45) is 6.71. The molecule has 2 heterocycles. The molecule has 1 aliphatic rings. The van der Waals surface area contributed by atoms with E-state index in [-0.39, 0.29) is 18.4 Å². The number of fused-ring (bicyclic) bond motifs is 1. The SMILES string of the molecule is CCOC(=O)CCCCOc1ccc2[nH]cc(C3CCN(C)CC3)c2c1.Cl. The second-order valence-corrected chi connectivity index (χ2v) is 7.14. The van der Waals surface area contributed by atoms with Gasteiger partial charge >= 0.3 is 5.97 Å². The number of halogens is 1. The van der Waals surface area contributed by atoms with E-state index in [1.165, 1.54) is 29.3 Å². The molecule has 5 nitrogen and oxygen atoms in total. The van der Waals surface area contributed by atoms with E-state index in [9.17, 15) is 4.79 Å². The molecule has 0 radical (unpaired) electrons. The first-order chi connectivity index (χ1) is 12.7. The fraction of sp³-hybridized carbons (Fsp3) is 0.571. The number of nitrogens with one attached hydrogen (secondary N) is 1. The number of hydrogen-bond acceptors (Lipinski definition) is 4. The van der Waals surface area contributed by atoms with Crippen molar-refractivity contribution in [3.05, 3.63) is 30.0 Å². The molecule has 150 valence electrons. The van der Waals surface area contributed by atoms with Crippen molar-refractivity contribution in [3.8, 4) is 5.75 Å². The molecule has 1 aliphatic heterocycles. The average molecular weight is 395 g/mol. The molecular formula is C21H31ClN2O3. The first-order valence-corrected chi connectivity index (χ1v) is 9.75. The molecule has 0 spiro atoms. The lowest BCUT2D eigenvalue weighted by molar-refractivity contribution is -0.143. The van der Waals surface area contributed by atoms with Gasteiger partial charge in [0, 0.05) is 23.5 Å². The van der Waals surface area contributed by atoms with Crippen molar-refractivity contribution >= 4 is 29.3 Å². The molecule has 27 heavy (non-hydrogen) atoms. The number of H-pyrrole nitrogens is 1. The monoisotopic (exact) mass is 394 g/mol. The van der Waals surface area contributed by atoms with Gasteiger partial charge in [0.1, 0.15) is 5.75 Å². The van der Waals surface area contributed by atoms with E-state index in [1.807, 2.05) is 13.0 Å². The van der Waals surface area contributed by atoms with Crippen molar-refractivity contribution in [1.82, 2.24) is 9.88 Å². The minimum absolute atomic E-state index is 0. The maximum atomic E-state index is 11.3. The third-order valence-electron chi connectivity index (χ3n) is 5.19. The van der Waals surface area contributed by atoms with Crippen LogP contribution in [0.5, 0.6) is 5.75 Å². The molecule has 1 aromatic carbocycles. The van der Waals surface area contributed by atoms with Gasteiger partial charge in [-0.3, -0.25) is 4.79 Å². The van der Waals surface area contributed by atoms with Crippen LogP contribution < -0.4 is 4.74 Å². The van der Waals surface area contributed by atoms with Crippen LogP contribution >= 0.6 is 12.4 Å². The normalized spacial score (nSPS) is 15.5. The predicted octanol–water partition coefficient (Wildman–Crippen LogP) is 4.51. The van der Waals surface area contributed by atoms with Gasteiger partial charge in [0.05, 0.1) is 13.2 Å². The van der Waals surface area contributed by atoms with Crippen molar-refractivity contribution in [1.29, 1.82) is 0 Å². The summed E-state index contributed by atoms with van der Waals surface area (Å²) < 4.78 is 10.8. The topological polar surface area (TPSA) is 54.6 Å². The lowest BCUT2D eigenvalue weighted by Crippen LogP contribution is -2.29. The van der Waals surface area contributed by atoms with E-state index < -0.39 is 0 Å². The maximum Gasteiger partial charge on any atom is 0.305 e. The molecule has 1 saturated heterocycles. The van der Waals surface area contributed by atoms with Gasteiger partial charge < -0.3 is 19.4 Å². The van der Waals surface area contributed by atoms with Crippen LogP contribution in [0.25, 0.3) is 10.9 Å². The molecule has 0 amide bonds. The minimum Gasteiger partial charge on any atom is -0.494 e. The van der Waals surface area contributed by atoms with E-state index in [0.29, 0.717) is 25.6 Å². The highest BCUT2D eigenvalue weighted by Gasteiger charge is 2.21. The number of hydrogen-bond donors (Lipinski definition) is 1. The number of piperidine rings is 1. The summed E-state index contributed by atoms with van der Waals surface area (Å²) in [5.74, 6) is 1.41. The Balaban J connectivity index is 0.00000261. The van der Waals surface area contributed by atoms with Crippen LogP contribution in [0.3, 0.4) is 0 Å². The van der Waals surface area contributed by atoms with Crippen LogP contribution in [0.15, 0.2) is 24.4 Å². The molecular weight excluding hydrogens is 364 g/mol. The van der Waals surface area contributed by atoms with E-state index >= 15 is 0 Å². The molecule has 0 bridgehead atoms. The Kier molecular flexibility index (Phi) is 8.45. The Morgan fingerprint density at radius 1 is 1.26 bits per heavy atom. The Bertz CT molecular complexity index is 723. The number of rotatable bonds is 8. The quantitative estimate of drug-likeness (QED) is 0.528. The summed E-state index contributed by atoms with van der Waals surface area (Å²) in [5, 5.41) is 1.28. The number of ether oxygens (including phenoxy) is 2. The van der Waals surface area contributed by atoms with Crippen LogP contribution in [0.4, 0.5) is 0 Å². The molecule has 1 aromatic heterocycles. The largest absolute Gasteiger partial charge is 0.494 e. The summed E-state index contributed by atoms with van der Waals surface area (Å²) in [6.45, 7) is 5.23. The fourth-order valence-electron chi connectivity index (χ4n) is 3.66. The van der Waals surface area contributed by atoms with Gasteiger partial charge in [0.25, 0.3) is 0 Å². The average Bonchev–Trinajstić information content (AvgIpc) is 3.05. The molecule has 6 heteroatoms. The molecule has 1 N–H and O–H groups in total. The van der Waals surface area contributed by atoms with Gasteiger partial charge in [-0.1, -0.05) is 0 Å². The fourth-order valence-corrected chi connectivity index (χ4v) is 3.66. The van der Waals surface area contributed by atoms with Crippen molar-refractivity contribution in [2.24, 2.45) is 0 Å². The highest BCUT2D eigenvalue weighted by molar-refractivity contribution is 5.85. The van der Waals surface area contributed by atoms with Crippen molar-refractivity contribution in [2.45, 2.75) is 44.9 Å². The van der Waals surface area contributed by atoms with Gasteiger partial charge in [-0.2, -0.15) is 0 Å². The lowest BCUT2D eigenvalue weighted by Gasteiger charge is -2.28. The maximum absolute atomic E-state index is 11.3. The zero-order valence-corrected chi connectivity index (χ0v) is 17.1.